The minimum absolute atomic E-state index is 0.0572. The number of amides is 1. The summed E-state index contributed by atoms with van der Waals surface area (Å²) in [5.41, 5.74) is 1.35. The molecule has 1 N–H and O–H groups in total. The third-order valence-corrected chi connectivity index (χ3v) is 4.17. The quantitative estimate of drug-likeness (QED) is 0.770. The molecule has 0 aromatic carbocycles. The molecule has 24 heavy (non-hydrogen) atoms. The molecule has 0 unspecified atom stereocenters. The maximum Gasteiger partial charge on any atom is 0.253 e. The molecule has 8 heteroatoms. The molecule has 0 spiro atoms. The van der Waals surface area contributed by atoms with E-state index in [0.29, 0.717) is 29.5 Å². The van der Waals surface area contributed by atoms with Crippen LogP contribution in [-0.4, -0.2) is 42.6 Å². The molecule has 2 rings (SSSR count). The van der Waals surface area contributed by atoms with Crippen molar-refractivity contribution in [3.05, 3.63) is 17.5 Å². The third kappa shape index (κ3) is 5.02. The summed E-state index contributed by atoms with van der Waals surface area (Å²) in [6.07, 6.45) is 0.664. The van der Waals surface area contributed by atoms with E-state index in [0.717, 1.165) is 11.4 Å². The van der Waals surface area contributed by atoms with E-state index in [1.54, 1.807) is 4.52 Å². The first-order valence-electron chi connectivity index (χ1n) is 7.80. The van der Waals surface area contributed by atoms with Crippen molar-refractivity contribution < 1.29 is 9.59 Å². The van der Waals surface area contributed by atoms with Gasteiger partial charge in [0.05, 0.1) is 0 Å². The minimum Gasteiger partial charge on any atom is -0.351 e. The predicted molar refractivity (Wildman–Crippen MR) is 93.1 cm³/mol. The van der Waals surface area contributed by atoms with Gasteiger partial charge in [0, 0.05) is 35.5 Å². The monoisotopic (exact) mass is 349 g/mol. The summed E-state index contributed by atoms with van der Waals surface area (Å²) >= 11 is 1.42. The van der Waals surface area contributed by atoms with Crippen LogP contribution in [0.1, 0.15) is 45.0 Å². The van der Waals surface area contributed by atoms with Crippen LogP contribution in [0.3, 0.4) is 0 Å². The lowest BCUT2D eigenvalue weighted by molar-refractivity contribution is -0.123. The molecule has 2 aromatic rings. The first-order chi connectivity index (χ1) is 11.2. The SMILES string of the molecule is CC(=O)CC(C)(C)NC(=O)CCSc1nc2nc(C)cc(C)n2n1. The number of ketones is 1. The molecule has 130 valence electrons. The van der Waals surface area contributed by atoms with E-state index < -0.39 is 5.54 Å². The van der Waals surface area contributed by atoms with E-state index in [9.17, 15) is 9.59 Å². The Morgan fingerprint density at radius 1 is 1.29 bits per heavy atom. The zero-order chi connectivity index (χ0) is 17.9. The summed E-state index contributed by atoms with van der Waals surface area (Å²) in [5.74, 6) is 1.11. The topological polar surface area (TPSA) is 89.2 Å². The second kappa shape index (κ2) is 7.29. The molecule has 0 aliphatic rings. The van der Waals surface area contributed by atoms with Gasteiger partial charge >= 0.3 is 0 Å². The minimum atomic E-state index is -0.520. The van der Waals surface area contributed by atoms with Gasteiger partial charge in [0.1, 0.15) is 5.78 Å². The predicted octanol–water partition coefficient (Wildman–Crippen LogP) is 2.10. The molecule has 0 bridgehead atoms. The number of hydrogen-bond donors (Lipinski definition) is 1. The molecule has 0 saturated carbocycles. The fraction of sp³-hybridized carbons (Fsp3) is 0.562. The smallest absolute Gasteiger partial charge is 0.253 e. The van der Waals surface area contributed by atoms with E-state index in [2.05, 4.69) is 20.4 Å². The number of aromatic nitrogens is 4. The Morgan fingerprint density at radius 3 is 2.67 bits per heavy atom. The van der Waals surface area contributed by atoms with Crippen LogP contribution in [0.15, 0.2) is 11.2 Å². The third-order valence-electron chi connectivity index (χ3n) is 3.33. The van der Waals surface area contributed by atoms with Gasteiger partial charge in [-0.2, -0.15) is 4.98 Å². The highest BCUT2D eigenvalue weighted by Crippen LogP contribution is 2.17. The normalized spacial score (nSPS) is 11.7. The standard InChI is InChI=1S/C16H23N5O2S/c1-10-8-11(2)21-14(17-10)18-15(20-21)24-7-6-13(23)19-16(4,5)9-12(3)22/h8H,6-7,9H2,1-5H3,(H,19,23). The first-order valence-corrected chi connectivity index (χ1v) is 8.79. The molecular weight excluding hydrogens is 326 g/mol. The van der Waals surface area contributed by atoms with Gasteiger partial charge in [0.25, 0.3) is 5.78 Å². The second-order valence-corrected chi connectivity index (χ2v) is 7.62. The Bertz CT molecular complexity index is 769. The molecule has 0 atom stereocenters. The van der Waals surface area contributed by atoms with Crippen LogP contribution in [0.2, 0.25) is 0 Å². The maximum absolute atomic E-state index is 12.0. The van der Waals surface area contributed by atoms with Gasteiger partial charge in [0.2, 0.25) is 11.1 Å². The molecular formula is C16H23N5O2S. The van der Waals surface area contributed by atoms with Crippen LogP contribution in [0, 0.1) is 13.8 Å². The summed E-state index contributed by atoms with van der Waals surface area (Å²) < 4.78 is 1.70. The van der Waals surface area contributed by atoms with E-state index in [-0.39, 0.29) is 11.7 Å². The first kappa shape index (κ1) is 18.4. The van der Waals surface area contributed by atoms with Crippen LogP contribution in [0.25, 0.3) is 5.78 Å². The highest BCUT2D eigenvalue weighted by molar-refractivity contribution is 7.99. The number of fused-ring (bicyclic) bond motifs is 1. The molecule has 0 radical (unpaired) electrons. The number of Topliss-reactive ketones (excluding diaryl/α,β-unsaturated/α-hetero) is 1. The van der Waals surface area contributed by atoms with Crippen molar-refractivity contribution in [3.63, 3.8) is 0 Å². The Kier molecular flexibility index (Phi) is 5.58. The van der Waals surface area contributed by atoms with Crippen molar-refractivity contribution in [3.8, 4) is 0 Å². The average molecular weight is 349 g/mol. The van der Waals surface area contributed by atoms with E-state index in [4.69, 9.17) is 0 Å². The van der Waals surface area contributed by atoms with Gasteiger partial charge < -0.3 is 5.32 Å². The summed E-state index contributed by atoms with van der Waals surface area (Å²) in [7, 11) is 0. The Labute approximate surface area is 145 Å². The number of thioether (sulfide) groups is 1. The number of aryl methyl sites for hydroxylation is 2. The fourth-order valence-electron chi connectivity index (χ4n) is 2.55. The number of nitrogens with zero attached hydrogens (tertiary/aromatic N) is 4. The van der Waals surface area contributed by atoms with E-state index >= 15 is 0 Å². The zero-order valence-electron chi connectivity index (χ0n) is 14.7. The van der Waals surface area contributed by atoms with Gasteiger partial charge in [-0.05, 0) is 40.7 Å². The molecule has 2 aromatic heterocycles. The molecule has 0 aliphatic carbocycles. The van der Waals surface area contributed by atoms with Crippen molar-refractivity contribution in [2.45, 2.75) is 58.2 Å². The molecule has 0 aliphatic heterocycles. The molecule has 1 amide bonds. The Hall–Kier alpha value is -1.96. The highest BCUT2D eigenvalue weighted by Gasteiger charge is 2.22. The van der Waals surface area contributed by atoms with Crippen molar-refractivity contribution in [1.29, 1.82) is 0 Å². The van der Waals surface area contributed by atoms with Gasteiger partial charge in [0.15, 0.2) is 0 Å². The van der Waals surface area contributed by atoms with Crippen LogP contribution >= 0.6 is 11.8 Å². The van der Waals surface area contributed by atoms with Crippen LogP contribution < -0.4 is 5.32 Å². The summed E-state index contributed by atoms with van der Waals surface area (Å²) in [4.78, 5) is 31.9. The van der Waals surface area contributed by atoms with Gasteiger partial charge in [-0.1, -0.05) is 11.8 Å². The lowest BCUT2D eigenvalue weighted by atomic mass is 9.98. The number of rotatable bonds is 7. The van der Waals surface area contributed by atoms with Gasteiger partial charge in [-0.25, -0.2) is 9.50 Å². The summed E-state index contributed by atoms with van der Waals surface area (Å²) in [6, 6.07) is 1.95. The number of nitrogens with one attached hydrogen (secondary N) is 1. The summed E-state index contributed by atoms with van der Waals surface area (Å²) in [5, 5.41) is 7.88. The number of hydrogen-bond acceptors (Lipinski definition) is 6. The largest absolute Gasteiger partial charge is 0.351 e. The van der Waals surface area contributed by atoms with Crippen LogP contribution in [-0.2, 0) is 9.59 Å². The molecule has 2 heterocycles. The number of carbonyl (C=O) groups excluding carboxylic acids is 2. The van der Waals surface area contributed by atoms with E-state index in [1.807, 2.05) is 33.8 Å². The maximum atomic E-state index is 12.0. The van der Waals surface area contributed by atoms with Crippen molar-refractivity contribution >= 4 is 29.2 Å². The van der Waals surface area contributed by atoms with Crippen LogP contribution in [0.4, 0.5) is 0 Å². The summed E-state index contributed by atoms with van der Waals surface area (Å²) in [6.45, 7) is 9.09. The van der Waals surface area contributed by atoms with Crippen molar-refractivity contribution in [1.82, 2.24) is 24.9 Å². The second-order valence-electron chi connectivity index (χ2n) is 6.55. The van der Waals surface area contributed by atoms with Crippen molar-refractivity contribution in [2.75, 3.05) is 5.75 Å². The molecule has 7 nitrogen and oxygen atoms in total. The Morgan fingerprint density at radius 2 is 2.00 bits per heavy atom. The number of carbonyl (C=O) groups is 2. The average Bonchev–Trinajstić information content (AvgIpc) is 2.79. The van der Waals surface area contributed by atoms with Crippen molar-refractivity contribution in [2.24, 2.45) is 0 Å². The highest BCUT2D eigenvalue weighted by atomic mass is 32.2. The lowest BCUT2D eigenvalue weighted by Gasteiger charge is -2.24. The van der Waals surface area contributed by atoms with E-state index in [1.165, 1.54) is 18.7 Å². The zero-order valence-corrected chi connectivity index (χ0v) is 15.5. The lowest BCUT2D eigenvalue weighted by Crippen LogP contribution is -2.44. The molecule has 0 fully saturated rings. The van der Waals surface area contributed by atoms with Crippen LogP contribution in [0.5, 0.6) is 0 Å². The Balaban J connectivity index is 1.89. The molecule has 0 saturated heterocycles. The fourth-order valence-corrected chi connectivity index (χ4v) is 3.31. The van der Waals surface area contributed by atoms with Gasteiger partial charge in [-0.3, -0.25) is 9.59 Å². The van der Waals surface area contributed by atoms with Gasteiger partial charge in [-0.15, -0.1) is 5.10 Å².